The Morgan fingerprint density at radius 3 is 2.83 bits per heavy atom. The van der Waals surface area contributed by atoms with E-state index in [-0.39, 0.29) is 29.7 Å². The summed E-state index contributed by atoms with van der Waals surface area (Å²) in [7, 11) is 0. The minimum Gasteiger partial charge on any atom is -0.454 e. The number of allylic oxidation sites excluding steroid dienone is 3. The van der Waals surface area contributed by atoms with Crippen LogP contribution in [0.5, 0.6) is 0 Å². The molecule has 3 heteroatoms. The summed E-state index contributed by atoms with van der Waals surface area (Å²) in [5.74, 6) is -0.184. The molecule has 3 aliphatic rings. The molecule has 0 aromatic heterocycles. The van der Waals surface area contributed by atoms with Gasteiger partial charge in [0.2, 0.25) is 0 Å². The van der Waals surface area contributed by atoms with E-state index in [9.17, 15) is 4.79 Å². The number of fused-ring (bicyclic) bond motifs is 2. The predicted octanol–water partition coefficient (Wildman–Crippen LogP) is 4.49. The van der Waals surface area contributed by atoms with Crippen LogP contribution in [-0.2, 0) is 14.3 Å². The molecule has 0 aromatic carbocycles. The third-order valence-electron chi connectivity index (χ3n) is 5.58. The Bertz CT molecular complexity index is 571. The zero-order valence-corrected chi connectivity index (χ0v) is 14.6. The lowest BCUT2D eigenvalue weighted by molar-refractivity contribution is -0.137. The number of hydrogen-bond donors (Lipinski definition) is 0. The topological polar surface area (TPSA) is 38.8 Å². The highest BCUT2D eigenvalue weighted by atomic mass is 16.6. The first-order valence-corrected chi connectivity index (χ1v) is 8.79. The van der Waals surface area contributed by atoms with Crippen molar-refractivity contribution < 1.29 is 14.3 Å². The van der Waals surface area contributed by atoms with Crippen molar-refractivity contribution in [1.82, 2.24) is 0 Å². The monoisotopic (exact) mass is 316 g/mol. The summed E-state index contributed by atoms with van der Waals surface area (Å²) in [5.41, 5.74) is 3.33. The molecule has 126 valence electrons. The molecule has 3 nitrogen and oxygen atoms in total. The van der Waals surface area contributed by atoms with E-state index < -0.39 is 0 Å². The van der Waals surface area contributed by atoms with Gasteiger partial charge in [-0.1, -0.05) is 23.8 Å². The van der Waals surface area contributed by atoms with Gasteiger partial charge in [0.25, 0.3) is 0 Å². The molecule has 2 fully saturated rings. The maximum Gasteiger partial charge on any atom is 0.334 e. The van der Waals surface area contributed by atoms with Gasteiger partial charge < -0.3 is 9.47 Å². The van der Waals surface area contributed by atoms with Gasteiger partial charge >= 0.3 is 5.97 Å². The van der Waals surface area contributed by atoms with Gasteiger partial charge in [0.15, 0.2) is 0 Å². The Kier molecular flexibility index (Phi) is 4.50. The van der Waals surface area contributed by atoms with Gasteiger partial charge in [0.05, 0.1) is 11.7 Å². The van der Waals surface area contributed by atoms with Gasteiger partial charge in [0, 0.05) is 11.5 Å². The fourth-order valence-electron chi connectivity index (χ4n) is 3.83. The van der Waals surface area contributed by atoms with Crippen molar-refractivity contribution in [2.24, 2.45) is 5.92 Å². The van der Waals surface area contributed by atoms with Crippen LogP contribution in [0.4, 0.5) is 0 Å². The van der Waals surface area contributed by atoms with E-state index in [1.807, 2.05) is 0 Å². The van der Waals surface area contributed by atoms with Crippen LogP contribution in [-0.4, -0.2) is 23.8 Å². The van der Waals surface area contributed by atoms with Gasteiger partial charge in [-0.25, -0.2) is 4.79 Å². The standard InChI is InChI=1S/C20H28O3/c1-13-7-5-8-14(2)11-17-16(15(3)19(21)22-17)12-18-20(4,23-18)10-6-9-13/h7,11,16-18H,3,5-6,8-10,12H2,1-2,4H3/b13-7+,14-11+/t16-,17+,18+,20+/m0/s1. The van der Waals surface area contributed by atoms with Crippen molar-refractivity contribution in [3.63, 3.8) is 0 Å². The van der Waals surface area contributed by atoms with E-state index in [1.54, 1.807) is 0 Å². The van der Waals surface area contributed by atoms with E-state index in [4.69, 9.17) is 9.47 Å². The maximum atomic E-state index is 11.9. The van der Waals surface area contributed by atoms with Crippen LogP contribution in [0.1, 0.15) is 59.3 Å². The number of epoxide rings is 1. The number of hydrogen-bond acceptors (Lipinski definition) is 3. The normalized spacial score (nSPS) is 43.2. The SMILES string of the molecule is C=C1C(=O)O[C@@H]2/C=C(\C)CC/C=C(\C)CCC[C@@]3(C)O[C@@H]3C[C@@H]12. The average Bonchev–Trinajstić information content (AvgIpc) is 3.04. The van der Waals surface area contributed by atoms with Crippen LogP contribution < -0.4 is 0 Å². The van der Waals surface area contributed by atoms with Crippen LogP contribution in [0.3, 0.4) is 0 Å². The zero-order valence-electron chi connectivity index (χ0n) is 14.6. The van der Waals surface area contributed by atoms with Crippen LogP contribution in [0.15, 0.2) is 35.5 Å². The van der Waals surface area contributed by atoms with Gasteiger partial charge in [-0.2, -0.15) is 0 Å². The van der Waals surface area contributed by atoms with Crippen LogP contribution in [0.2, 0.25) is 0 Å². The van der Waals surface area contributed by atoms with Gasteiger partial charge in [0.1, 0.15) is 6.10 Å². The number of esters is 1. The maximum absolute atomic E-state index is 11.9. The van der Waals surface area contributed by atoms with Crippen LogP contribution in [0.25, 0.3) is 0 Å². The molecule has 2 aliphatic heterocycles. The second-order valence-electron chi connectivity index (χ2n) is 7.61. The highest BCUT2D eigenvalue weighted by Gasteiger charge is 2.54. The lowest BCUT2D eigenvalue weighted by atomic mass is 9.86. The second kappa shape index (κ2) is 6.27. The van der Waals surface area contributed by atoms with Crippen molar-refractivity contribution >= 4 is 5.97 Å². The van der Waals surface area contributed by atoms with Gasteiger partial charge in [-0.05, 0) is 65.4 Å². The predicted molar refractivity (Wildman–Crippen MR) is 91.0 cm³/mol. The summed E-state index contributed by atoms with van der Waals surface area (Å²) >= 11 is 0. The third-order valence-corrected chi connectivity index (χ3v) is 5.58. The quantitative estimate of drug-likeness (QED) is 0.286. The molecule has 0 aromatic rings. The minimum atomic E-state index is -0.244. The van der Waals surface area contributed by atoms with E-state index in [0.717, 1.165) is 38.5 Å². The van der Waals surface area contributed by atoms with Crippen molar-refractivity contribution in [2.45, 2.75) is 77.1 Å². The Morgan fingerprint density at radius 2 is 2.04 bits per heavy atom. The molecule has 2 saturated heterocycles. The molecule has 1 aliphatic carbocycles. The molecule has 23 heavy (non-hydrogen) atoms. The largest absolute Gasteiger partial charge is 0.454 e. The second-order valence-corrected chi connectivity index (χ2v) is 7.61. The molecule has 2 heterocycles. The molecule has 0 saturated carbocycles. The summed E-state index contributed by atoms with van der Waals surface area (Å²) in [6.45, 7) is 10.5. The van der Waals surface area contributed by atoms with Crippen molar-refractivity contribution in [2.75, 3.05) is 0 Å². The molecule has 0 bridgehead atoms. The molecule has 4 atom stereocenters. The van der Waals surface area contributed by atoms with Gasteiger partial charge in [-0.3, -0.25) is 0 Å². The summed E-state index contributed by atoms with van der Waals surface area (Å²) in [6.07, 6.45) is 10.8. The molecule has 3 rings (SSSR count). The molecular weight excluding hydrogens is 288 g/mol. The first-order chi connectivity index (χ1) is 10.9. The van der Waals surface area contributed by atoms with E-state index >= 15 is 0 Å². The van der Waals surface area contributed by atoms with Crippen LogP contribution >= 0.6 is 0 Å². The molecule has 0 unspecified atom stereocenters. The highest BCUT2D eigenvalue weighted by Crippen LogP contribution is 2.47. The average molecular weight is 316 g/mol. The minimum absolute atomic E-state index is 0.0282. The van der Waals surface area contributed by atoms with Crippen molar-refractivity contribution in [3.05, 3.63) is 35.5 Å². The Hall–Kier alpha value is -1.35. The molecule has 0 spiro atoms. The van der Waals surface area contributed by atoms with Crippen LogP contribution in [0, 0.1) is 5.92 Å². The number of carbonyl (C=O) groups is 1. The molecular formula is C20H28O3. The number of ether oxygens (including phenoxy) is 2. The lowest BCUT2D eigenvalue weighted by Crippen LogP contribution is -2.20. The first kappa shape index (κ1) is 16.5. The Balaban J connectivity index is 1.80. The van der Waals surface area contributed by atoms with Crippen molar-refractivity contribution in [1.29, 1.82) is 0 Å². The van der Waals surface area contributed by atoms with E-state index in [1.165, 1.54) is 11.1 Å². The Morgan fingerprint density at radius 1 is 1.26 bits per heavy atom. The third kappa shape index (κ3) is 3.60. The van der Waals surface area contributed by atoms with Crippen molar-refractivity contribution in [3.8, 4) is 0 Å². The van der Waals surface area contributed by atoms with Gasteiger partial charge in [-0.15, -0.1) is 0 Å². The van der Waals surface area contributed by atoms with E-state index in [0.29, 0.717) is 5.57 Å². The highest BCUT2D eigenvalue weighted by molar-refractivity contribution is 5.91. The van der Waals surface area contributed by atoms with E-state index in [2.05, 4.69) is 39.5 Å². The summed E-state index contributed by atoms with van der Waals surface area (Å²) in [6, 6.07) is 0. The summed E-state index contributed by atoms with van der Waals surface area (Å²) in [5, 5.41) is 0. The molecule has 0 N–H and O–H groups in total. The fraction of sp³-hybridized carbons (Fsp3) is 0.650. The molecule has 0 amide bonds. The lowest BCUT2D eigenvalue weighted by Gasteiger charge is -2.16. The molecule has 0 radical (unpaired) electrons. The summed E-state index contributed by atoms with van der Waals surface area (Å²) in [4.78, 5) is 11.9. The first-order valence-electron chi connectivity index (χ1n) is 8.79. The zero-order chi connectivity index (χ0) is 16.6. The number of carbonyl (C=O) groups excluding carboxylic acids is 1. The Labute approximate surface area is 139 Å². The summed E-state index contributed by atoms with van der Waals surface area (Å²) < 4.78 is 11.5. The fourth-order valence-corrected chi connectivity index (χ4v) is 3.83. The smallest absolute Gasteiger partial charge is 0.334 e. The number of rotatable bonds is 0.